The molecule has 1 aliphatic heterocycles. The molecule has 4 nitrogen and oxygen atoms in total. The number of rotatable bonds is 2. The van der Waals surface area contributed by atoms with Crippen molar-refractivity contribution in [3.8, 4) is 0 Å². The first-order chi connectivity index (χ1) is 11.6. The first kappa shape index (κ1) is 15.2. The maximum Gasteiger partial charge on any atom is 0.306 e. The van der Waals surface area contributed by atoms with Crippen LogP contribution in [0.25, 0.3) is 10.8 Å². The third kappa shape index (κ3) is 2.56. The highest BCUT2D eigenvalue weighted by atomic mass is 16.4. The van der Waals surface area contributed by atoms with Crippen molar-refractivity contribution in [3.63, 3.8) is 0 Å². The number of carbonyl (C=O) groups is 2. The number of hydrogen-bond acceptors (Lipinski definition) is 2. The molecular weight excluding hydrogens is 302 g/mol. The van der Waals surface area contributed by atoms with Gasteiger partial charge in [-0.15, -0.1) is 0 Å². The normalized spacial score (nSPS) is 23.2. The molecule has 124 valence electrons. The van der Waals surface area contributed by atoms with Crippen LogP contribution in [0.3, 0.4) is 0 Å². The molecule has 4 heteroatoms. The Morgan fingerprint density at radius 2 is 1.58 bits per heavy atom. The second kappa shape index (κ2) is 5.93. The van der Waals surface area contributed by atoms with E-state index in [0.29, 0.717) is 25.7 Å². The summed E-state index contributed by atoms with van der Waals surface area (Å²) in [5, 5.41) is 11.5. The van der Waals surface area contributed by atoms with E-state index in [4.69, 9.17) is 5.11 Å². The van der Waals surface area contributed by atoms with E-state index in [0.717, 1.165) is 24.0 Å². The first-order valence-corrected chi connectivity index (χ1v) is 8.69. The average molecular weight is 323 g/mol. The number of carboxylic acid groups (broad SMARTS) is 1. The quantitative estimate of drug-likeness (QED) is 0.918. The Hall–Kier alpha value is -2.36. The Balaban J connectivity index is 1.56. The van der Waals surface area contributed by atoms with Crippen molar-refractivity contribution in [2.75, 3.05) is 11.4 Å². The highest BCUT2D eigenvalue weighted by Crippen LogP contribution is 2.36. The fourth-order valence-corrected chi connectivity index (χ4v) is 4.12. The molecule has 2 aromatic carbocycles. The molecule has 24 heavy (non-hydrogen) atoms. The Bertz CT molecular complexity index is 806. The molecule has 0 atom stereocenters. The van der Waals surface area contributed by atoms with E-state index < -0.39 is 5.97 Å². The number of aliphatic carboxylic acids is 1. The second-order valence-corrected chi connectivity index (χ2v) is 6.95. The van der Waals surface area contributed by atoms with E-state index in [-0.39, 0.29) is 17.7 Å². The molecule has 1 saturated carbocycles. The summed E-state index contributed by atoms with van der Waals surface area (Å²) in [7, 11) is 0. The summed E-state index contributed by atoms with van der Waals surface area (Å²) in [5.41, 5.74) is 2.28. The monoisotopic (exact) mass is 323 g/mol. The summed E-state index contributed by atoms with van der Waals surface area (Å²) in [6.45, 7) is 0.739. The van der Waals surface area contributed by atoms with Crippen molar-refractivity contribution in [3.05, 3.63) is 42.0 Å². The molecule has 2 aromatic rings. The van der Waals surface area contributed by atoms with Crippen molar-refractivity contribution in [2.24, 2.45) is 11.8 Å². The van der Waals surface area contributed by atoms with Crippen molar-refractivity contribution in [2.45, 2.75) is 32.1 Å². The zero-order valence-corrected chi connectivity index (χ0v) is 13.6. The maximum absolute atomic E-state index is 13.0. The zero-order valence-electron chi connectivity index (χ0n) is 13.6. The van der Waals surface area contributed by atoms with Crippen molar-refractivity contribution in [1.82, 2.24) is 0 Å². The van der Waals surface area contributed by atoms with Crippen LogP contribution in [0.5, 0.6) is 0 Å². The van der Waals surface area contributed by atoms with Crippen LogP contribution in [-0.4, -0.2) is 23.5 Å². The van der Waals surface area contributed by atoms with Gasteiger partial charge in [-0.25, -0.2) is 0 Å². The lowest BCUT2D eigenvalue weighted by Crippen LogP contribution is -2.37. The lowest BCUT2D eigenvalue weighted by molar-refractivity contribution is -0.144. The summed E-state index contributed by atoms with van der Waals surface area (Å²) < 4.78 is 0. The summed E-state index contributed by atoms with van der Waals surface area (Å²) in [6.07, 6.45) is 3.51. The lowest BCUT2D eigenvalue weighted by Gasteiger charge is -2.29. The van der Waals surface area contributed by atoms with E-state index in [1.165, 1.54) is 10.9 Å². The van der Waals surface area contributed by atoms with Crippen LogP contribution in [0, 0.1) is 11.8 Å². The van der Waals surface area contributed by atoms with Gasteiger partial charge in [-0.3, -0.25) is 9.59 Å². The molecular formula is C20H21NO3. The molecule has 0 radical (unpaired) electrons. The Labute approximate surface area is 141 Å². The van der Waals surface area contributed by atoms with E-state index in [9.17, 15) is 9.59 Å². The van der Waals surface area contributed by atoms with E-state index in [2.05, 4.69) is 24.3 Å². The van der Waals surface area contributed by atoms with Crippen LogP contribution in [-0.2, 0) is 16.0 Å². The van der Waals surface area contributed by atoms with Crippen LogP contribution < -0.4 is 4.90 Å². The largest absolute Gasteiger partial charge is 0.481 e. The number of anilines is 1. The number of carboxylic acids is 1. The van der Waals surface area contributed by atoms with Gasteiger partial charge in [-0.1, -0.05) is 24.3 Å². The molecule has 0 saturated heterocycles. The van der Waals surface area contributed by atoms with Gasteiger partial charge in [0.05, 0.1) is 5.92 Å². The molecule has 1 fully saturated rings. The number of amides is 1. The first-order valence-electron chi connectivity index (χ1n) is 8.69. The summed E-state index contributed by atoms with van der Waals surface area (Å²) in [4.78, 5) is 26.0. The minimum atomic E-state index is -0.723. The van der Waals surface area contributed by atoms with Crippen molar-refractivity contribution < 1.29 is 14.7 Å². The number of carbonyl (C=O) groups excluding carboxylic acids is 1. The maximum atomic E-state index is 13.0. The summed E-state index contributed by atoms with van der Waals surface area (Å²) in [5.74, 6) is -0.853. The van der Waals surface area contributed by atoms with Gasteiger partial charge in [0.15, 0.2) is 0 Å². The fraction of sp³-hybridized carbons (Fsp3) is 0.400. The predicted molar refractivity (Wildman–Crippen MR) is 93.1 cm³/mol. The number of benzene rings is 2. The van der Waals surface area contributed by atoms with Crippen molar-refractivity contribution in [1.29, 1.82) is 0 Å². The standard InChI is InChI=1S/C20H21NO3/c22-19(13-5-7-14(8-6-13)20(23)24)21-10-9-17-11-15-3-1-2-4-16(15)12-18(17)21/h1-4,11-14H,5-10H2,(H,23,24). The SMILES string of the molecule is O=C(O)C1CCC(C(=O)N2CCc3cc4ccccc4cc32)CC1. The van der Waals surface area contributed by atoms with Gasteiger partial charge >= 0.3 is 5.97 Å². The molecule has 0 spiro atoms. The molecule has 0 bridgehead atoms. The van der Waals surface area contributed by atoms with Gasteiger partial charge in [0.2, 0.25) is 5.91 Å². The summed E-state index contributed by atoms with van der Waals surface area (Å²) in [6, 6.07) is 12.6. The van der Waals surface area contributed by atoms with Crippen LogP contribution in [0.2, 0.25) is 0 Å². The molecule has 1 aliphatic carbocycles. The van der Waals surface area contributed by atoms with Gasteiger partial charge in [-0.2, -0.15) is 0 Å². The Morgan fingerprint density at radius 3 is 2.25 bits per heavy atom. The van der Waals surface area contributed by atoms with Crippen molar-refractivity contribution >= 4 is 28.3 Å². The molecule has 2 aliphatic rings. The highest BCUT2D eigenvalue weighted by molar-refractivity contribution is 6.00. The molecule has 1 amide bonds. The molecule has 0 unspecified atom stereocenters. The summed E-state index contributed by atoms with van der Waals surface area (Å²) >= 11 is 0. The van der Waals surface area contributed by atoms with Gasteiger partial charge in [0, 0.05) is 18.2 Å². The molecule has 4 rings (SSSR count). The number of hydrogen-bond donors (Lipinski definition) is 1. The Morgan fingerprint density at radius 1 is 0.958 bits per heavy atom. The molecule has 0 aromatic heterocycles. The van der Waals surface area contributed by atoms with E-state index >= 15 is 0 Å². The van der Waals surface area contributed by atoms with Crippen LogP contribution in [0.4, 0.5) is 5.69 Å². The smallest absolute Gasteiger partial charge is 0.306 e. The second-order valence-electron chi connectivity index (χ2n) is 6.95. The van der Waals surface area contributed by atoms with Gasteiger partial charge in [0.1, 0.15) is 0 Å². The minimum Gasteiger partial charge on any atom is -0.481 e. The zero-order chi connectivity index (χ0) is 16.7. The average Bonchev–Trinajstić information content (AvgIpc) is 3.02. The van der Waals surface area contributed by atoms with E-state index in [1.54, 1.807) is 0 Å². The Kier molecular flexibility index (Phi) is 3.75. The van der Waals surface area contributed by atoms with Gasteiger partial charge < -0.3 is 10.0 Å². The minimum absolute atomic E-state index is 0.0296. The molecule has 1 heterocycles. The third-order valence-electron chi connectivity index (χ3n) is 5.53. The highest BCUT2D eigenvalue weighted by Gasteiger charge is 2.34. The third-order valence-corrected chi connectivity index (χ3v) is 5.53. The van der Waals surface area contributed by atoms with E-state index in [1.807, 2.05) is 17.0 Å². The van der Waals surface area contributed by atoms with Crippen LogP contribution in [0.1, 0.15) is 31.2 Å². The van der Waals surface area contributed by atoms with Crippen LogP contribution >= 0.6 is 0 Å². The van der Waals surface area contributed by atoms with Crippen LogP contribution in [0.15, 0.2) is 36.4 Å². The fourth-order valence-electron chi connectivity index (χ4n) is 4.12. The van der Waals surface area contributed by atoms with Gasteiger partial charge in [-0.05, 0) is 60.6 Å². The molecule has 1 N–H and O–H groups in total. The topological polar surface area (TPSA) is 57.6 Å². The number of fused-ring (bicyclic) bond motifs is 2. The van der Waals surface area contributed by atoms with Gasteiger partial charge in [0.25, 0.3) is 0 Å². The predicted octanol–water partition coefficient (Wildman–Crippen LogP) is 3.62. The lowest BCUT2D eigenvalue weighted by atomic mass is 9.81. The number of nitrogens with zero attached hydrogens (tertiary/aromatic N) is 1.